The predicted molar refractivity (Wildman–Crippen MR) is 121 cm³/mol. The Morgan fingerprint density at radius 2 is 1.83 bits per heavy atom. The highest BCUT2D eigenvalue weighted by Crippen LogP contribution is 2.26. The number of nitrogens with zero attached hydrogens (tertiary/aromatic N) is 2. The van der Waals surface area contributed by atoms with Crippen molar-refractivity contribution >= 4 is 23.3 Å². The van der Waals surface area contributed by atoms with Gasteiger partial charge in [0, 0.05) is 29.6 Å². The molecule has 4 aromatic rings. The molecule has 0 unspecified atom stereocenters. The van der Waals surface area contributed by atoms with Crippen molar-refractivity contribution in [3.05, 3.63) is 89.8 Å². The van der Waals surface area contributed by atoms with Gasteiger partial charge in [-0.3, -0.25) is 9.20 Å². The smallest absolute Gasteiger partial charge is 0.248 e. The fourth-order valence-corrected chi connectivity index (χ4v) is 3.29. The minimum absolute atomic E-state index is 0.222. The van der Waals surface area contributed by atoms with E-state index in [1.807, 2.05) is 47.9 Å². The van der Waals surface area contributed by atoms with Gasteiger partial charge in [-0.05, 0) is 49.8 Å². The summed E-state index contributed by atoms with van der Waals surface area (Å²) in [4.78, 5) is 17.3. The molecule has 0 saturated heterocycles. The number of hydrogen-bond donors (Lipinski definition) is 1. The van der Waals surface area contributed by atoms with Crippen molar-refractivity contribution < 1.29 is 9.53 Å². The summed E-state index contributed by atoms with van der Waals surface area (Å²) in [5, 5.41) is 2.87. The van der Waals surface area contributed by atoms with Crippen LogP contribution in [0.4, 0.5) is 5.69 Å². The summed E-state index contributed by atoms with van der Waals surface area (Å²) in [6.07, 6.45) is 5.31. The van der Waals surface area contributed by atoms with E-state index in [-0.39, 0.29) is 5.91 Å². The number of carbonyl (C=O) groups excluding carboxylic acids is 1. The quantitative estimate of drug-likeness (QED) is 0.466. The third-order valence-electron chi connectivity index (χ3n) is 4.87. The monoisotopic (exact) mass is 397 g/mol. The first-order chi connectivity index (χ1) is 14.5. The zero-order valence-corrected chi connectivity index (χ0v) is 17.2. The molecule has 150 valence electrons. The van der Waals surface area contributed by atoms with Crippen molar-refractivity contribution in [2.24, 2.45) is 0 Å². The predicted octanol–water partition coefficient (Wildman–Crippen LogP) is 5.28. The second-order valence-electron chi connectivity index (χ2n) is 7.20. The highest BCUT2D eigenvalue weighted by molar-refractivity contribution is 6.02. The molecule has 0 saturated carbocycles. The minimum Gasteiger partial charge on any atom is -0.497 e. The van der Waals surface area contributed by atoms with Gasteiger partial charge in [-0.2, -0.15) is 0 Å². The van der Waals surface area contributed by atoms with Gasteiger partial charge >= 0.3 is 0 Å². The Balaban J connectivity index is 1.69. The van der Waals surface area contributed by atoms with E-state index in [0.29, 0.717) is 11.4 Å². The molecular weight excluding hydrogens is 374 g/mol. The molecular formula is C25H23N3O2. The van der Waals surface area contributed by atoms with Gasteiger partial charge in [0.2, 0.25) is 5.91 Å². The number of ether oxygens (including phenoxy) is 1. The summed E-state index contributed by atoms with van der Waals surface area (Å²) in [7, 11) is 1.60. The molecule has 1 N–H and O–H groups in total. The van der Waals surface area contributed by atoms with Crippen molar-refractivity contribution in [2.75, 3.05) is 12.4 Å². The maximum atomic E-state index is 12.5. The number of carbonyl (C=O) groups is 1. The molecule has 1 amide bonds. The molecule has 5 heteroatoms. The van der Waals surface area contributed by atoms with Crippen molar-refractivity contribution in [1.82, 2.24) is 9.38 Å². The molecule has 2 heterocycles. The number of hydrogen-bond acceptors (Lipinski definition) is 3. The normalized spacial score (nSPS) is 11.2. The number of nitrogens with one attached hydrogen (secondary N) is 1. The maximum absolute atomic E-state index is 12.5. The molecule has 0 aliphatic rings. The van der Waals surface area contributed by atoms with Gasteiger partial charge in [0.05, 0.1) is 18.5 Å². The number of fused-ring (bicyclic) bond motifs is 1. The summed E-state index contributed by atoms with van der Waals surface area (Å²) in [5.41, 5.74) is 6.55. The van der Waals surface area contributed by atoms with E-state index in [1.165, 1.54) is 11.6 Å². The molecule has 0 aliphatic heterocycles. The maximum Gasteiger partial charge on any atom is 0.248 e. The van der Waals surface area contributed by atoms with Gasteiger partial charge in [-0.25, -0.2) is 4.98 Å². The lowest BCUT2D eigenvalue weighted by molar-refractivity contribution is -0.111. The second kappa shape index (κ2) is 8.25. The Kier molecular flexibility index (Phi) is 5.35. The first-order valence-corrected chi connectivity index (χ1v) is 9.72. The summed E-state index contributed by atoms with van der Waals surface area (Å²) >= 11 is 0. The van der Waals surface area contributed by atoms with Crippen LogP contribution >= 0.6 is 0 Å². The van der Waals surface area contributed by atoms with E-state index in [1.54, 1.807) is 19.3 Å². The van der Waals surface area contributed by atoms with Gasteiger partial charge in [0.25, 0.3) is 0 Å². The van der Waals surface area contributed by atoms with E-state index in [9.17, 15) is 4.79 Å². The number of aromatic nitrogens is 2. The largest absolute Gasteiger partial charge is 0.497 e. The average Bonchev–Trinajstić information content (AvgIpc) is 3.10. The molecule has 2 aromatic carbocycles. The summed E-state index contributed by atoms with van der Waals surface area (Å²) in [5.74, 6) is 0.468. The zero-order chi connectivity index (χ0) is 21.1. The lowest BCUT2D eigenvalue weighted by Gasteiger charge is -2.05. The number of amides is 1. The van der Waals surface area contributed by atoms with Crippen LogP contribution in [0.15, 0.2) is 72.9 Å². The number of benzene rings is 2. The molecule has 0 bridgehead atoms. The summed E-state index contributed by atoms with van der Waals surface area (Å²) in [6.45, 7) is 4.10. The Morgan fingerprint density at radius 1 is 1.03 bits per heavy atom. The third kappa shape index (κ3) is 4.10. The minimum atomic E-state index is -0.222. The fourth-order valence-electron chi connectivity index (χ4n) is 3.29. The zero-order valence-electron chi connectivity index (χ0n) is 17.2. The lowest BCUT2D eigenvalue weighted by Crippen LogP contribution is -2.07. The highest BCUT2D eigenvalue weighted by atomic mass is 16.5. The van der Waals surface area contributed by atoms with Crippen LogP contribution < -0.4 is 10.1 Å². The molecule has 30 heavy (non-hydrogen) atoms. The number of pyridine rings is 1. The lowest BCUT2D eigenvalue weighted by atomic mass is 10.1. The number of methoxy groups -OCH3 is 1. The molecule has 0 atom stereocenters. The van der Waals surface area contributed by atoms with E-state index in [0.717, 1.165) is 28.2 Å². The Bertz CT molecular complexity index is 1240. The van der Waals surface area contributed by atoms with Crippen LogP contribution in [-0.4, -0.2) is 22.4 Å². The van der Waals surface area contributed by atoms with Gasteiger partial charge < -0.3 is 10.1 Å². The number of anilines is 1. The fraction of sp³-hybridized carbons (Fsp3) is 0.120. The first kappa shape index (κ1) is 19.5. The van der Waals surface area contributed by atoms with Crippen LogP contribution in [0.3, 0.4) is 0 Å². The number of rotatable bonds is 5. The average molecular weight is 397 g/mol. The SMILES string of the molecule is COc1cccc(NC(=O)/C=C/c2c(-c3ccc(C)cc3)nc3cc(C)ccn23)c1. The van der Waals surface area contributed by atoms with Crippen molar-refractivity contribution in [3.63, 3.8) is 0 Å². The number of imidazole rings is 1. The van der Waals surface area contributed by atoms with E-state index in [4.69, 9.17) is 9.72 Å². The number of aryl methyl sites for hydroxylation is 2. The Morgan fingerprint density at radius 3 is 2.60 bits per heavy atom. The van der Waals surface area contributed by atoms with Crippen molar-refractivity contribution in [3.8, 4) is 17.0 Å². The van der Waals surface area contributed by atoms with Gasteiger partial charge in [-0.15, -0.1) is 0 Å². The second-order valence-corrected chi connectivity index (χ2v) is 7.20. The van der Waals surface area contributed by atoms with Crippen LogP contribution in [0, 0.1) is 13.8 Å². The van der Waals surface area contributed by atoms with E-state index in [2.05, 4.69) is 36.5 Å². The molecule has 0 aliphatic carbocycles. The van der Waals surface area contributed by atoms with E-state index >= 15 is 0 Å². The Labute approximate surface area is 175 Å². The summed E-state index contributed by atoms with van der Waals surface area (Å²) in [6, 6.07) is 19.6. The van der Waals surface area contributed by atoms with E-state index < -0.39 is 0 Å². The molecule has 0 radical (unpaired) electrons. The van der Waals surface area contributed by atoms with Crippen LogP contribution in [-0.2, 0) is 4.79 Å². The van der Waals surface area contributed by atoms with Gasteiger partial charge in [0.15, 0.2) is 0 Å². The topological polar surface area (TPSA) is 55.6 Å². The van der Waals surface area contributed by atoms with Gasteiger partial charge in [0.1, 0.15) is 11.4 Å². The Hall–Kier alpha value is -3.86. The van der Waals surface area contributed by atoms with Crippen LogP contribution in [0.1, 0.15) is 16.8 Å². The molecule has 5 nitrogen and oxygen atoms in total. The highest BCUT2D eigenvalue weighted by Gasteiger charge is 2.12. The van der Waals surface area contributed by atoms with Crippen LogP contribution in [0.25, 0.3) is 23.0 Å². The third-order valence-corrected chi connectivity index (χ3v) is 4.87. The van der Waals surface area contributed by atoms with Crippen molar-refractivity contribution in [1.29, 1.82) is 0 Å². The molecule has 4 rings (SSSR count). The first-order valence-electron chi connectivity index (χ1n) is 9.72. The van der Waals surface area contributed by atoms with Gasteiger partial charge in [-0.1, -0.05) is 35.9 Å². The molecule has 0 fully saturated rings. The standard InChI is InChI=1S/C25H23N3O2/c1-17-7-9-19(10-8-17)25-22(28-14-13-18(2)15-23(28)27-25)11-12-24(29)26-20-5-4-6-21(16-20)30-3/h4-16H,1-3H3,(H,26,29)/b12-11+. The molecule has 2 aromatic heterocycles. The van der Waals surface area contributed by atoms with Crippen molar-refractivity contribution in [2.45, 2.75) is 13.8 Å². The van der Waals surface area contributed by atoms with Crippen LogP contribution in [0.2, 0.25) is 0 Å². The molecule has 0 spiro atoms. The summed E-state index contributed by atoms with van der Waals surface area (Å²) < 4.78 is 7.20. The van der Waals surface area contributed by atoms with Crippen LogP contribution in [0.5, 0.6) is 5.75 Å².